The number of benzene rings is 1. The van der Waals surface area contributed by atoms with Crippen LogP contribution in [-0.2, 0) is 9.53 Å². The van der Waals surface area contributed by atoms with Gasteiger partial charge in [-0.1, -0.05) is 0 Å². The quantitative estimate of drug-likeness (QED) is 0.777. The van der Waals surface area contributed by atoms with Gasteiger partial charge in [-0.3, -0.25) is 4.79 Å². The molecule has 0 aromatic heterocycles. The standard InChI is InChI=1S/C17H21F3N2O3/c1-21-9-7-14(8-10-21)22(15(23)11-17(18,19)20)13-5-3-12(4-6-13)16(24)25-2/h3-6,14H,7-11H2,1-2H3. The molecule has 1 aliphatic rings. The van der Waals surface area contributed by atoms with E-state index in [-0.39, 0.29) is 11.6 Å². The van der Waals surface area contributed by atoms with Gasteiger partial charge in [-0.15, -0.1) is 0 Å². The smallest absolute Gasteiger partial charge is 0.397 e. The SMILES string of the molecule is COC(=O)c1ccc(N(C(=O)CC(F)(F)F)C2CCN(C)CC2)cc1. The number of amides is 1. The van der Waals surface area contributed by atoms with E-state index in [0.29, 0.717) is 31.6 Å². The Morgan fingerprint density at radius 2 is 1.76 bits per heavy atom. The average molecular weight is 358 g/mol. The molecule has 1 heterocycles. The summed E-state index contributed by atoms with van der Waals surface area (Å²) in [6, 6.07) is 5.57. The number of esters is 1. The second kappa shape index (κ2) is 7.86. The first-order valence-corrected chi connectivity index (χ1v) is 7.97. The Kier molecular flexibility index (Phi) is 6.05. The van der Waals surface area contributed by atoms with Crippen LogP contribution in [-0.4, -0.2) is 56.2 Å². The van der Waals surface area contributed by atoms with Gasteiger partial charge in [0.05, 0.1) is 12.7 Å². The molecular formula is C17H21F3N2O3. The van der Waals surface area contributed by atoms with E-state index in [0.717, 1.165) is 0 Å². The van der Waals surface area contributed by atoms with Crippen LogP contribution in [0.3, 0.4) is 0 Å². The summed E-state index contributed by atoms with van der Waals surface area (Å²) in [6.45, 7) is 1.42. The number of alkyl halides is 3. The second-order valence-electron chi connectivity index (χ2n) is 6.13. The molecule has 2 rings (SSSR count). The zero-order chi connectivity index (χ0) is 18.6. The van der Waals surface area contributed by atoms with Gasteiger partial charge in [0.25, 0.3) is 0 Å². The number of carbonyl (C=O) groups is 2. The molecule has 5 nitrogen and oxygen atoms in total. The van der Waals surface area contributed by atoms with E-state index in [4.69, 9.17) is 0 Å². The third-order valence-electron chi connectivity index (χ3n) is 4.24. The van der Waals surface area contributed by atoms with E-state index in [1.165, 1.54) is 36.3 Å². The molecule has 1 saturated heterocycles. The molecule has 0 N–H and O–H groups in total. The third-order valence-corrected chi connectivity index (χ3v) is 4.24. The van der Waals surface area contributed by atoms with E-state index < -0.39 is 24.5 Å². The van der Waals surface area contributed by atoms with Crippen LogP contribution in [0.1, 0.15) is 29.6 Å². The first kappa shape index (κ1) is 19.2. The van der Waals surface area contributed by atoms with Gasteiger partial charge < -0.3 is 14.5 Å². The van der Waals surface area contributed by atoms with Crippen molar-refractivity contribution in [3.05, 3.63) is 29.8 Å². The molecule has 0 atom stereocenters. The first-order valence-electron chi connectivity index (χ1n) is 7.97. The largest absolute Gasteiger partial charge is 0.465 e. The highest BCUT2D eigenvalue weighted by molar-refractivity contribution is 5.95. The summed E-state index contributed by atoms with van der Waals surface area (Å²) in [7, 11) is 3.18. The molecule has 1 amide bonds. The van der Waals surface area contributed by atoms with Crippen molar-refractivity contribution in [3.63, 3.8) is 0 Å². The number of methoxy groups -OCH3 is 1. The van der Waals surface area contributed by atoms with Gasteiger partial charge in [0, 0.05) is 11.7 Å². The highest BCUT2D eigenvalue weighted by atomic mass is 19.4. The monoisotopic (exact) mass is 358 g/mol. The van der Waals surface area contributed by atoms with Gasteiger partial charge in [0.2, 0.25) is 5.91 Å². The zero-order valence-electron chi connectivity index (χ0n) is 14.2. The Morgan fingerprint density at radius 3 is 2.24 bits per heavy atom. The minimum absolute atomic E-state index is 0.276. The molecule has 1 aromatic carbocycles. The fraction of sp³-hybridized carbons (Fsp3) is 0.529. The zero-order valence-corrected chi connectivity index (χ0v) is 14.2. The number of hydrogen-bond acceptors (Lipinski definition) is 4. The van der Waals surface area contributed by atoms with Crippen molar-refractivity contribution < 1.29 is 27.5 Å². The summed E-state index contributed by atoms with van der Waals surface area (Å²) in [6.07, 6.45) is -4.87. The van der Waals surface area contributed by atoms with Crippen molar-refractivity contribution in [1.82, 2.24) is 4.90 Å². The van der Waals surface area contributed by atoms with Crippen LogP contribution in [0.15, 0.2) is 24.3 Å². The van der Waals surface area contributed by atoms with E-state index in [9.17, 15) is 22.8 Å². The molecule has 1 aliphatic heterocycles. The number of rotatable bonds is 4. The normalized spacial score (nSPS) is 16.5. The van der Waals surface area contributed by atoms with E-state index >= 15 is 0 Å². The molecule has 0 aliphatic carbocycles. The van der Waals surface area contributed by atoms with Crippen LogP contribution in [0.2, 0.25) is 0 Å². The molecule has 0 unspecified atom stereocenters. The van der Waals surface area contributed by atoms with E-state index in [1.807, 2.05) is 7.05 Å². The molecule has 8 heteroatoms. The van der Waals surface area contributed by atoms with Crippen molar-refractivity contribution in [1.29, 1.82) is 0 Å². The Morgan fingerprint density at radius 1 is 1.20 bits per heavy atom. The molecule has 0 spiro atoms. The second-order valence-corrected chi connectivity index (χ2v) is 6.13. The highest BCUT2D eigenvalue weighted by Crippen LogP contribution is 2.28. The lowest BCUT2D eigenvalue weighted by Gasteiger charge is -2.37. The summed E-state index contributed by atoms with van der Waals surface area (Å²) in [4.78, 5) is 27.1. The Bertz CT molecular complexity index is 609. The molecule has 1 fully saturated rings. The maximum absolute atomic E-state index is 12.7. The summed E-state index contributed by atoms with van der Waals surface area (Å²) in [5.41, 5.74) is 0.634. The summed E-state index contributed by atoms with van der Waals surface area (Å²) >= 11 is 0. The fourth-order valence-corrected chi connectivity index (χ4v) is 2.94. The van der Waals surface area contributed by atoms with Gasteiger partial charge in [-0.05, 0) is 57.2 Å². The number of nitrogens with zero attached hydrogens (tertiary/aromatic N) is 2. The third kappa shape index (κ3) is 5.19. The Balaban J connectivity index is 2.27. The predicted molar refractivity (Wildman–Crippen MR) is 86.5 cm³/mol. The summed E-state index contributed by atoms with van der Waals surface area (Å²) < 4.78 is 42.7. The highest BCUT2D eigenvalue weighted by Gasteiger charge is 2.37. The average Bonchev–Trinajstić information content (AvgIpc) is 2.55. The van der Waals surface area contributed by atoms with Crippen molar-refractivity contribution in [2.24, 2.45) is 0 Å². The number of hydrogen-bond donors (Lipinski definition) is 0. The molecule has 0 saturated carbocycles. The van der Waals surface area contributed by atoms with Crippen LogP contribution in [0.25, 0.3) is 0 Å². The molecular weight excluding hydrogens is 337 g/mol. The van der Waals surface area contributed by atoms with Crippen LogP contribution in [0.5, 0.6) is 0 Å². The van der Waals surface area contributed by atoms with Crippen molar-refractivity contribution >= 4 is 17.6 Å². The molecule has 25 heavy (non-hydrogen) atoms. The van der Waals surface area contributed by atoms with Crippen LogP contribution < -0.4 is 4.90 Å². The molecule has 138 valence electrons. The number of anilines is 1. The number of likely N-dealkylation sites (tertiary alicyclic amines) is 1. The number of ether oxygens (including phenoxy) is 1. The number of piperidine rings is 1. The minimum atomic E-state index is -4.56. The van der Waals surface area contributed by atoms with Gasteiger partial charge in [0.1, 0.15) is 6.42 Å². The van der Waals surface area contributed by atoms with Gasteiger partial charge >= 0.3 is 12.1 Å². The predicted octanol–water partition coefficient (Wildman–Crippen LogP) is 2.85. The lowest BCUT2D eigenvalue weighted by atomic mass is 10.0. The molecule has 1 aromatic rings. The topological polar surface area (TPSA) is 49.9 Å². The lowest BCUT2D eigenvalue weighted by Crippen LogP contribution is -2.47. The Labute approximate surface area is 144 Å². The molecule has 0 bridgehead atoms. The summed E-state index contributed by atoms with van der Waals surface area (Å²) in [5, 5.41) is 0. The maximum Gasteiger partial charge on any atom is 0.397 e. The maximum atomic E-state index is 12.7. The van der Waals surface area contributed by atoms with Crippen molar-refractivity contribution in [2.45, 2.75) is 31.5 Å². The first-order chi connectivity index (χ1) is 11.7. The van der Waals surface area contributed by atoms with E-state index in [1.54, 1.807) is 0 Å². The fourth-order valence-electron chi connectivity index (χ4n) is 2.94. The minimum Gasteiger partial charge on any atom is -0.465 e. The molecule has 0 radical (unpaired) electrons. The van der Waals surface area contributed by atoms with Crippen molar-refractivity contribution in [3.8, 4) is 0 Å². The van der Waals surface area contributed by atoms with Gasteiger partial charge in [-0.2, -0.15) is 13.2 Å². The van der Waals surface area contributed by atoms with Gasteiger partial charge in [0.15, 0.2) is 0 Å². The Hall–Kier alpha value is -2.09. The van der Waals surface area contributed by atoms with Crippen molar-refractivity contribution in [2.75, 3.05) is 32.1 Å². The van der Waals surface area contributed by atoms with Crippen LogP contribution >= 0.6 is 0 Å². The summed E-state index contributed by atoms with van der Waals surface area (Å²) in [5.74, 6) is -1.52. The number of halogens is 3. The number of carbonyl (C=O) groups excluding carboxylic acids is 2. The lowest BCUT2D eigenvalue weighted by molar-refractivity contribution is -0.152. The van der Waals surface area contributed by atoms with Crippen LogP contribution in [0.4, 0.5) is 18.9 Å². The van der Waals surface area contributed by atoms with Gasteiger partial charge in [-0.25, -0.2) is 4.79 Å². The van der Waals surface area contributed by atoms with Crippen LogP contribution in [0, 0.1) is 0 Å². The van der Waals surface area contributed by atoms with E-state index in [2.05, 4.69) is 9.64 Å².